The van der Waals surface area contributed by atoms with E-state index >= 15 is 0 Å². The molecule has 0 saturated carbocycles. The first kappa shape index (κ1) is 36.8. The van der Waals surface area contributed by atoms with Gasteiger partial charge in [0.15, 0.2) is 0 Å². The van der Waals surface area contributed by atoms with Gasteiger partial charge in [-0.3, -0.25) is 0 Å². The Labute approximate surface area is 157 Å². The number of rotatable bonds is 0. The van der Waals surface area contributed by atoms with E-state index in [0.717, 1.165) is 0 Å². The molecule has 0 aromatic carbocycles. The molecule has 0 aliphatic rings. The van der Waals surface area contributed by atoms with Crippen molar-refractivity contribution in [3.8, 4) is 0 Å². The smallest absolute Gasteiger partial charge is 1.00 e. The SMILES string of the molecule is OB(O)O.OB(O)O.OB(O)O.OB(O)O.[H-].[H-].[H-].[Li+].[Sr+2]. The quantitative estimate of drug-likeness (QED) is 0.183. The molecular weight excluding hydrogens is 330 g/mol. The second kappa shape index (κ2) is 31.3. The van der Waals surface area contributed by atoms with Crippen molar-refractivity contribution in [2.45, 2.75) is 0 Å². The Morgan fingerprint density at radius 2 is 0.389 bits per heavy atom. The van der Waals surface area contributed by atoms with Crippen LogP contribution in [-0.2, 0) is 0 Å². The zero-order chi connectivity index (χ0) is 14.3. The maximum absolute atomic E-state index is 7.17. The van der Waals surface area contributed by atoms with Crippen LogP contribution in [0, 0.1) is 0 Å². The maximum Gasteiger partial charge on any atom is 2.00 e. The first-order valence-electron chi connectivity index (χ1n) is 3.10. The third-order valence-corrected chi connectivity index (χ3v) is 0. The topological polar surface area (TPSA) is 243 Å². The summed E-state index contributed by atoms with van der Waals surface area (Å²) >= 11 is 0. The number of hydrogen-bond donors (Lipinski definition) is 12. The van der Waals surface area contributed by atoms with E-state index in [1.54, 1.807) is 0 Å². The van der Waals surface area contributed by atoms with E-state index in [0.29, 0.717) is 0 Å². The molecule has 0 heterocycles. The summed E-state index contributed by atoms with van der Waals surface area (Å²) < 4.78 is 0. The average molecular weight is 345 g/mol. The van der Waals surface area contributed by atoms with Gasteiger partial charge in [-0.25, -0.2) is 0 Å². The van der Waals surface area contributed by atoms with Crippen LogP contribution in [0.3, 0.4) is 0 Å². The summed E-state index contributed by atoms with van der Waals surface area (Å²) in [4.78, 5) is 0. The van der Waals surface area contributed by atoms with Crippen LogP contribution in [0.4, 0.5) is 0 Å². The largest absolute Gasteiger partial charge is 2.00 e. The van der Waals surface area contributed by atoms with E-state index in [4.69, 9.17) is 60.3 Å². The molecule has 0 radical (unpaired) electrons. The van der Waals surface area contributed by atoms with Crippen LogP contribution < -0.4 is 18.9 Å². The van der Waals surface area contributed by atoms with Gasteiger partial charge in [-0.1, -0.05) is 0 Å². The Balaban J connectivity index is -0.0000000121. The van der Waals surface area contributed by atoms with Gasteiger partial charge in [0.25, 0.3) is 0 Å². The van der Waals surface area contributed by atoms with Crippen molar-refractivity contribution < 1.29 is 83.4 Å². The molecule has 0 fully saturated rings. The predicted molar refractivity (Wildman–Crippen MR) is 58.7 cm³/mol. The van der Waals surface area contributed by atoms with Crippen molar-refractivity contribution in [3.05, 3.63) is 0 Å². The molecule has 0 aromatic rings. The molecule has 0 saturated heterocycles. The van der Waals surface area contributed by atoms with Gasteiger partial charge in [-0.15, -0.1) is 0 Å². The predicted octanol–water partition coefficient (Wildman–Crippen LogP) is -11.2. The third kappa shape index (κ3) is 1470. The zero-order valence-electron chi connectivity index (χ0n) is 12.4. The molecule has 18 heavy (non-hydrogen) atoms. The van der Waals surface area contributed by atoms with Gasteiger partial charge in [0, 0.05) is 0 Å². The van der Waals surface area contributed by atoms with E-state index < -0.39 is 29.3 Å². The van der Waals surface area contributed by atoms with Crippen LogP contribution in [0.2, 0.25) is 0 Å². The fourth-order valence-corrected chi connectivity index (χ4v) is 0. The summed E-state index contributed by atoms with van der Waals surface area (Å²) in [6.45, 7) is 0. The van der Waals surface area contributed by atoms with Crippen molar-refractivity contribution >= 4 is 74.8 Å². The molecule has 0 aliphatic carbocycles. The summed E-state index contributed by atoms with van der Waals surface area (Å²) in [7, 11) is -8.67. The van der Waals surface area contributed by atoms with Crippen LogP contribution in [0.5, 0.6) is 0 Å². The fraction of sp³-hybridized carbons (Fsp3) is 0. The summed E-state index contributed by atoms with van der Waals surface area (Å²) in [5, 5.41) is 86.0. The van der Waals surface area contributed by atoms with Crippen LogP contribution in [0.1, 0.15) is 4.28 Å². The monoisotopic (exact) mass is 346 g/mol. The van der Waals surface area contributed by atoms with Gasteiger partial charge >= 0.3 is 93.6 Å². The van der Waals surface area contributed by atoms with Gasteiger partial charge < -0.3 is 64.6 Å². The molecule has 0 aliphatic heterocycles. The average Bonchev–Trinajstić information content (AvgIpc) is 1.76. The Morgan fingerprint density at radius 1 is 0.389 bits per heavy atom. The molecule has 0 unspecified atom stereocenters. The Hall–Kier alpha value is 1.86. The van der Waals surface area contributed by atoms with Crippen molar-refractivity contribution in [1.29, 1.82) is 0 Å². The van der Waals surface area contributed by atoms with Gasteiger partial charge in [0.05, 0.1) is 0 Å². The van der Waals surface area contributed by atoms with Crippen molar-refractivity contribution in [3.63, 3.8) is 0 Å². The maximum atomic E-state index is 7.17. The van der Waals surface area contributed by atoms with Crippen molar-refractivity contribution in [2.75, 3.05) is 0 Å². The second-order valence-electron chi connectivity index (χ2n) is 1.39. The van der Waals surface area contributed by atoms with Crippen LogP contribution in [0.25, 0.3) is 0 Å². The molecule has 102 valence electrons. The van der Waals surface area contributed by atoms with E-state index in [9.17, 15) is 0 Å². The Kier molecular flexibility index (Phi) is 64.0. The third-order valence-electron chi connectivity index (χ3n) is 0. The molecule has 18 heteroatoms. The summed E-state index contributed by atoms with van der Waals surface area (Å²) in [6.07, 6.45) is 0. The minimum Gasteiger partial charge on any atom is -1.00 e. The Morgan fingerprint density at radius 3 is 0.389 bits per heavy atom. The minimum absolute atomic E-state index is 0. The van der Waals surface area contributed by atoms with Crippen LogP contribution >= 0.6 is 0 Å². The fourth-order valence-electron chi connectivity index (χ4n) is 0. The van der Waals surface area contributed by atoms with Crippen molar-refractivity contribution in [1.82, 2.24) is 0 Å². The Bertz CT molecular complexity index is 79.5. The molecule has 0 rings (SSSR count). The normalized spacial score (nSPS) is 6.00. The molecule has 0 aromatic heterocycles. The standard InChI is InChI=1S/4BH3O3.Li.Sr.3H/c4*2-1(3)4;;;;;/h4*2-4H;;;;;/q;;;;+1;+2;3*-1. The van der Waals surface area contributed by atoms with Gasteiger partial charge in [0.2, 0.25) is 0 Å². The molecule has 0 atom stereocenters. The second-order valence-corrected chi connectivity index (χ2v) is 1.39. The van der Waals surface area contributed by atoms with E-state index in [1.807, 2.05) is 0 Å². The molecule has 12 N–H and O–H groups in total. The number of hydrogen-bond acceptors (Lipinski definition) is 12. The van der Waals surface area contributed by atoms with E-state index in [-0.39, 0.29) is 68.6 Å². The van der Waals surface area contributed by atoms with E-state index in [2.05, 4.69) is 0 Å². The molecule has 0 spiro atoms. The summed E-state index contributed by atoms with van der Waals surface area (Å²) in [5.74, 6) is 0. The molecule has 12 nitrogen and oxygen atoms in total. The molecular formula is H15B4LiO12Sr. The van der Waals surface area contributed by atoms with Crippen LogP contribution in [-0.4, -0.2) is 135 Å². The minimum atomic E-state index is -2.17. The summed E-state index contributed by atoms with van der Waals surface area (Å²) in [6, 6.07) is 0. The molecule has 0 amide bonds. The van der Waals surface area contributed by atoms with Gasteiger partial charge in [0.1, 0.15) is 0 Å². The van der Waals surface area contributed by atoms with Gasteiger partial charge in [-0.05, 0) is 0 Å². The zero-order valence-corrected chi connectivity index (χ0v) is 12.9. The first-order valence-corrected chi connectivity index (χ1v) is 3.10. The van der Waals surface area contributed by atoms with Crippen LogP contribution in [0.15, 0.2) is 0 Å². The summed E-state index contributed by atoms with van der Waals surface area (Å²) in [5.41, 5.74) is 0. The van der Waals surface area contributed by atoms with E-state index in [1.165, 1.54) is 0 Å². The van der Waals surface area contributed by atoms with Gasteiger partial charge in [-0.2, -0.15) is 0 Å². The first-order chi connectivity index (χ1) is 6.93. The molecule has 0 bridgehead atoms. The van der Waals surface area contributed by atoms with Crippen molar-refractivity contribution in [2.24, 2.45) is 0 Å².